The second-order valence-corrected chi connectivity index (χ2v) is 5.24. The summed E-state index contributed by atoms with van der Waals surface area (Å²) in [7, 11) is 0. The van der Waals surface area contributed by atoms with Crippen molar-refractivity contribution in [3.8, 4) is 0 Å². The molecule has 19 heavy (non-hydrogen) atoms. The van der Waals surface area contributed by atoms with Gasteiger partial charge in [0.25, 0.3) is 0 Å². The largest absolute Gasteiger partial charge is 0.453 e. The highest BCUT2D eigenvalue weighted by atomic mass is 16.3. The Hall–Kier alpha value is -1.57. The minimum absolute atomic E-state index is 0.130. The third-order valence-corrected chi connectivity index (χ3v) is 3.45. The molecule has 0 aliphatic rings. The minimum Gasteiger partial charge on any atom is -0.453 e. The summed E-state index contributed by atoms with van der Waals surface area (Å²) >= 11 is 0. The Labute approximate surface area is 114 Å². The molecule has 0 fully saturated rings. The molecule has 1 aromatic carbocycles. The van der Waals surface area contributed by atoms with E-state index >= 15 is 0 Å². The van der Waals surface area contributed by atoms with Crippen LogP contribution in [-0.2, 0) is 0 Å². The molecule has 2 rings (SSSR count). The van der Waals surface area contributed by atoms with Crippen LogP contribution in [-0.4, -0.2) is 5.78 Å². The van der Waals surface area contributed by atoms with Crippen molar-refractivity contribution in [3.05, 3.63) is 35.6 Å². The second-order valence-electron chi connectivity index (χ2n) is 5.24. The Bertz CT molecular complexity index is 551. The van der Waals surface area contributed by atoms with Gasteiger partial charge in [-0.3, -0.25) is 4.79 Å². The fourth-order valence-electron chi connectivity index (χ4n) is 2.31. The van der Waals surface area contributed by atoms with E-state index in [9.17, 15) is 4.79 Å². The molecule has 0 saturated heterocycles. The first-order valence-electron chi connectivity index (χ1n) is 7.24. The number of fused-ring (bicyclic) bond motifs is 1. The van der Waals surface area contributed by atoms with Crippen molar-refractivity contribution >= 4 is 16.8 Å². The summed E-state index contributed by atoms with van der Waals surface area (Å²) in [5, 5.41) is 1.02. The van der Waals surface area contributed by atoms with Gasteiger partial charge in [0.05, 0.1) is 0 Å². The molecule has 0 unspecified atom stereocenters. The molecular weight excluding hydrogens is 236 g/mol. The van der Waals surface area contributed by atoms with Gasteiger partial charge in [0.2, 0.25) is 0 Å². The molecule has 0 atom stereocenters. The van der Waals surface area contributed by atoms with Crippen molar-refractivity contribution in [2.75, 3.05) is 0 Å². The van der Waals surface area contributed by atoms with Crippen LogP contribution < -0.4 is 0 Å². The van der Waals surface area contributed by atoms with E-state index in [1.54, 1.807) is 0 Å². The van der Waals surface area contributed by atoms with Crippen molar-refractivity contribution in [3.63, 3.8) is 0 Å². The zero-order chi connectivity index (χ0) is 13.7. The van der Waals surface area contributed by atoms with E-state index in [0.717, 1.165) is 23.8 Å². The average molecular weight is 258 g/mol. The van der Waals surface area contributed by atoms with Crippen LogP contribution in [0.2, 0.25) is 0 Å². The molecule has 0 spiro atoms. The van der Waals surface area contributed by atoms with Crippen LogP contribution in [0.3, 0.4) is 0 Å². The number of unbranched alkanes of at least 4 members (excludes halogenated alkanes) is 4. The van der Waals surface area contributed by atoms with Crippen molar-refractivity contribution in [1.29, 1.82) is 0 Å². The quantitative estimate of drug-likeness (QED) is 0.499. The van der Waals surface area contributed by atoms with Gasteiger partial charge in [-0.15, -0.1) is 0 Å². The number of Topliss-reactive ketones (excluding diaryl/α,β-unsaturated/α-hetero) is 1. The average Bonchev–Trinajstić information content (AvgIpc) is 2.81. The second kappa shape index (κ2) is 6.55. The number of carbonyl (C=O) groups is 1. The van der Waals surface area contributed by atoms with Crippen LogP contribution in [0.5, 0.6) is 0 Å². The maximum atomic E-state index is 12.0. The summed E-state index contributed by atoms with van der Waals surface area (Å²) in [6.07, 6.45) is 6.43. The summed E-state index contributed by atoms with van der Waals surface area (Å²) < 4.78 is 5.61. The zero-order valence-corrected chi connectivity index (χ0v) is 11.9. The van der Waals surface area contributed by atoms with Crippen LogP contribution in [0.1, 0.15) is 61.6 Å². The Morgan fingerprint density at radius 3 is 2.68 bits per heavy atom. The third-order valence-electron chi connectivity index (χ3n) is 3.45. The highest BCUT2D eigenvalue weighted by Crippen LogP contribution is 2.22. The van der Waals surface area contributed by atoms with E-state index in [2.05, 4.69) is 13.0 Å². The number of aryl methyl sites for hydroxylation is 1. The van der Waals surface area contributed by atoms with Crippen molar-refractivity contribution in [1.82, 2.24) is 0 Å². The summed E-state index contributed by atoms with van der Waals surface area (Å²) in [6.45, 7) is 4.24. The predicted octanol–water partition coefficient (Wildman–Crippen LogP) is 5.28. The van der Waals surface area contributed by atoms with Crippen LogP contribution in [0.4, 0.5) is 0 Å². The monoisotopic (exact) mass is 258 g/mol. The summed E-state index contributed by atoms with van der Waals surface area (Å²) in [4.78, 5) is 12.0. The molecule has 0 amide bonds. The molecular formula is C17H22O2. The molecule has 0 aliphatic carbocycles. The lowest BCUT2D eigenvalue weighted by Crippen LogP contribution is -1.96. The van der Waals surface area contributed by atoms with Gasteiger partial charge in [0, 0.05) is 11.8 Å². The zero-order valence-electron chi connectivity index (χ0n) is 11.9. The lowest BCUT2D eigenvalue weighted by atomic mass is 10.1. The SMILES string of the molecule is CCCCCCCC(=O)c1cc2cc(C)ccc2o1. The molecule has 2 aromatic rings. The Kier molecular flexibility index (Phi) is 4.78. The number of furan rings is 1. The molecule has 1 heterocycles. The van der Waals surface area contributed by atoms with Crippen LogP contribution >= 0.6 is 0 Å². The van der Waals surface area contributed by atoms with Crippen molar-refractivity contribution < 1.29 is 9.21 Å². The maximum absolute atomic E-state index is 12.0. The van der Waals surface area contributed by atoms with Gasteiger partial charge < -0.3 is 4.42 Å². The fraction of sp³-hybridized carbons (Fsp3) is 0.471. The standard InChI is InChI=1S/C17H22O2/c1-3-4-5-6-7-8-15(18)17-12-14-11-13(2)9-10-16(14)19-17/h9-12H,3-8H2,1-2H3. The van der Waals surface area contributed by atoms with Gasteiger partial charge in [0.1, 0.15) is 5.58 Å². The highest BCUT2D eigenvalue weighted by Gasteiger charge is 2.11. The van der Waals surface area contributed by atoms with Crippen molar-refractivity contribution in [2.24, 2.45) is 0 Å². The molecule has 0 aliphatic heterocycles. The van der Waals surface area contributed by atoms with Gasteiger partial charge >= 0.3 is 0 Å². The van der Waals surface area contributed by atoms with Crippen LogP contribution in [0.15, 0.2) is 28.7 Å². The predicted molar refractivity (Wildman–Crippen MR) is 78.7 cm³/mol. The molecule has 0 radical (unpaired) electrons. The first kappa shape index (κ1) is 13.9. The van der Waals surface area contributed by atoms with Crippen LogP contribution in [0, 0.1) is 6.92 Å². The Morgan fingerprint density at radius 1 is 1.11 bits per heavy atom. The van der Waals surface area contributed by atoms with Gasteiger partial charge in [-0.1, -0.05) is 44.2 Å². The number of rotatable bonds is 7. The molecule has 0 N–H and O–H groups in total. The van der Waals surface area contributed by atoms with E-state index in [1.807, 2.05) is 25.1 Å². The van der Waals surface area contributed by atoms with E-state index in [1.165, 1.54) is 24.8 Å². The Balaban J connectivity index is 1.94. The van der Waals surface area contributed by atoms with E-state index in [-0.39, 0.29) is 5.78 Å². The summed E-state index contributed by atoms with van der Waals surface area (Å²) in [5.74, 6) is 0.640. The van der Waals surface area contributed by atoms with Gasteiger partial charge in [-0.05, 0) is 31.5 Å². The van der Waals surface area contributed by atoms with Gasteiger partial charge in [-0.25, -0.2) is 0 Å². The maximum Gasteiger partial charge on any atom is 0.198 e. The van der Waals surface area contributed by atoms with Crippen LogP contribution in [0.25, 0.3) is 11.0 Å². The lowest BCUT2D eigenvalue weighted by molar-refractivity contribution is 0.0954. The lowest BCUT2D eigenvalue weighted by Gasteiger charge is -1.98. The first-order chi connectivity index (χ1) is 9.20. The highest BCUT2D eigenvalue weighted by molar-refractivity contribution is 5.97. The smallest absolute Gasteiger partial charge is 0.198 e. The van der Waals surface area contributed by atoms with E-state index in [0.29, 0.717) is 12.2 Å². The van der Waals surface area contributed by atoms with Crippen molar-refractivity contribution in [2.45, 2.75) is 52.4 Å². The third kappa shape index (κ3) is 3.69. The molecule has 2 nitrogen and oxygen atoms in total. The topological polar surface area (TPSA) is 30.2 Å². The normalized spacial score (nSPS) is 11.1. The number of carbonyl (C=O) groups excluding carboxylic acids is 1. The Morgan fingerprint density at radius 2 is 1.89 bits per heavy atom. The number of hydrogen-bond acceptors (Lipinski definition) is 2. The molecule has 0 saturated carbocycles. The number of ketones is 1. The fourth-order valence-corrected chi connectivity index (χ4v) is 2.31. The minimum atomic E-state index is 0.130. The molecule has 1 aromatic heterocycles. The molecule has 2 heteroatoms. The molecule has 102 valence electrons. The van der Waals surface area contributed by atoms with E-state index < -0.39 is 0 Å². The molecule has 0 bridgehead atoms. The van der Waals surface area contributed by atoms with Gasteiger partial charge in [0.15, 0.2) is 11.5 Å². The first-order valence-corrected chi connectivity index (χ1v) is 7.24. The summed E-state index contributed by atoms with van der Waals surface area (Å²) in [6, 6.07) is 7.86. The number of benzene rings is 1. The summed E-state index contributed by atoms with van der Waals surface area (Å²) in [5.41, 5.74) is 1.99. The van der Waals surface area contributed by atoms with Gasteiger partial charge in [-0.2, -0.15) is 0 Å². The number of hydrogen-bond donors (Lipinski definition) is 0. The van der Waals surface area contributed by atoms with E-state index in [4.69, 9.17) is 4.42 Å².